The molecule has 9 aromatic carbocycles. The van der Waals surface area contributed by atoms with Crippen LogP contribution in [-0.2, 0) is 0 Å². The van der Waals surface area contributed by atoms with E-state index in [1.807, 2.05) is 72.0 Å². The second-order valence-corrected chi connectivity index (χ2v) is 15.4. The van der Waals surface area contributed by atoms with E-state index >= 15 is 0 Å². The van der Waals surface area contributed by atoms with Crippen LogP contribution in [0.15, 0.2) is 182 Å². The van der Waals surface area contributed by atoms with Crippen molar-refractivity contribution >= 4 is 85.6 Å². The Morgan fingerprint density at radius 3 is 1.55 bits per heavy atom. The molecule has 0 aliphatic heterocycles. The van der Waals surface area contributed by atoms with E-state index in [2.05, 4.69) is 126 Å². The number of rotatable bonds is 4. The average Bonchev–Trinajstić information content (AvgIpc) is 3.82. The maximum absolute atomic E-state index is 5.05. The van der Waals surface area contributed by atoms with E-state index in [-0.39, 0.29) is 0 Å². The Labute approximate surface area is 325 Å². The highest BCUT2D eigenvalue weighted by atomic mass is 32.1. The van der Waals surface area contributed by atoms with E-state index in [1.54, 1.807) is 0 Å². The van der Waals surface area contributed by atoms with Gasteiger partial charge in [-0.05, 0) is 68.7 Å². The largest absolute Gasteiger partial charge is 0.309 e. The normalized spacial score (nSPS) is 11.9. The smallest absolute Gasteiger partial charge is 0.164 e. The molecule has 0 unspecified atom stereocenters. The molecule has 5 heteroatoms. The van der Waals surface area contributed by atoms with Crippen molar-refractivity contribution in [1.82, 2.24) is 19.5 Å². The standard InChI is InChI=1S/C51H30N4S/c1-3-13-31(14-4-1)49-52-50(32-15-5-2-6-16-32)54-51(53-49)33-23-25-37-38-26-24-34(30-43(38)36-18-8-7-17-35(36)42(37)29-33)55-44-21-11-9-20-41(44)47-45(55)28-27-40-39-19-10-12-22-46(39)56-48(40)47/h1-30H. The molecule has 0 saturated carbocycles. The van der Waals surface area contributed by atoms with Crippen molar-refractivity contribution in [3.05, 3.63) is 182 Å². The molecule has 260 valence electrons. The van der Waals surface area contributed by atoms with Crippen LogP contribution in [0.2, 0.25) is 0 Å². The third-order valence-electron chi connectivity index (χ3n) is 11.2. The Bertz CT molecular complexity index is 3450. The van der Waals surface area contributed by atoms with Crippen LogP contribution < -0.4 is 0 Å². The van der Waals surface area contributed by atoms with Gasteiger partial charge in [0, 0.05) is 53.3 Å². The van der Waals surface area contributed by atoms with Gasteiger partial charge < -0.3 is 4.57 Å². The van der Waals surface area contributed by atoms with E-state index in [0.29, 0.717) is 17.5 Å². The Hall–Kier alpha value is -7.21. The predicted molar refractivity (Wildman–Crippen MR) is 236 cm³/mol. The summed E-state index contributed by atoms with van der Waals surface area (Å²) in [5.41, 5.74) is 6.45. The molecule has 0 aliphatic carbocycles. The SMILES string of the molecule is c1ccc(-c2nc(-c3ccccc3)nc(-c3ccc4c5ccc(-n6c7ccccc7c7c8sc9ccccc9c8ccc76)cc5c5ccccc5c4c3)n2)cc1. The van der Waals surface area contributed by atoms with Gasteiger partial charge in [-0.25, -0.2) is 15.0 Å². The monoisotopic (exact) mass is 730 g/mol. The number of para-hydroxylation sites is 1. The van der Waals surface area contributed by atoms with Crippen LogP contribution in [0.3, 0.4) is 0 Å². The van der Waals surface area contributed by atoms with Gasteiger partial charge in [-0.15, -0.1) is 11.3 Å². The number of hydrogen-bond acceptors (Lipinski definition) is 4. The zero-order valence-electron chi connectivity index (χ0n) is 30.0. The molecule has 0 aliphatic rings. The van der Waals surface area contributed by atoms with Crippen molar-refractivity contribution in [2.24, 2.45) is 0 Å². The molecule has 0 saturated heterocycles. The molecule has 0 spiro atoms. The quantitative estimate of drug-likeness (QED) is 0.169. The summed E-state index contributed by atoms with van der Waals surface area (Å²) in [5.74, 6) is 1.96. The third kappa shape index (κ3) is 4.68. The van der Waals surface area contributed by atoms with E-state index in [1.165, 1.54) is 74.3 Å². The fraction of sp³-hybridized carbons (Fsp3) is 0. The molecule has 12 aromatic rings. The molecule has 0 radical (unpaired) electrons. The molecule has 12 rings (SSSR count). The molecular weight excluding hydrogens is 701 g/mol. The maximum Gasteiger partial charge on any atom is 0.164 e. The molecular formula is C51H30N4S. The van der Waals surface area contributed by atoms with Crippen LogP contribution in [0.4, 0.5) is 0 Å². The number of aromatic nitrogens is 4. The number of hydrogen-bond donors (Lipinski definition) is 0. The lowest BCUT2D eigenvalue weighted by Gasteiger charge is -2.15. The molecule has 3 aromatic heterocycles. The Morgan fingerprint density at radius 2 is 0.857 bits per heavy atom. The summed E-state index contributed by atoms with van der Waals surface area (Å²) in [6.45, 7) is 0. The minimum atomic E-state index is 0.651. The topological polar surface area (TPSA) is 43.6 Å². The van der Waals surface area contributed by atoms with Gasteiger partial charge >= 0.3 is 0 Å². The highest BCUT2D eigenvalue weighted by Crippen LogP contribution is 2.44. The van der Waals surface area contributed by atoms with Crippen LogP contribution in [0.1, 0.15) is 0 Å². The van der Waals surface area contributed by atoms with Gasteiger partial charge in [0.05, 0.1) is 11.0 Å². The molecule has 0 amide bonds. The maximum atomic E-state index is 5.05. The lowest BCUT2D eigenvalue weighted by atomic mass is 9.93. The molecule has 0 bridgehead atoms. The van der Waals surface area contributed by atoms with Gasteiger partial charge in [0.25, 0.3) is 0 Å². The Balaban J connectivity index is 1.07. The lowest BCUT2D eigenvalue weighted by molar-refractivity contribution is 1.07. The summed E-state index contributed by atoms with van der Waals surface area (Å²) in [5, 5.41) is 12.5. The van der Waals surface area contributed by atoms with E-state index < -0.39 is 0 Å². The van der Waals surface area contributed by atoms with Gasteiger partial charge in [-0.1, -0.05) is 146 Å². The van der Waals surface area contributed by atoms with E-state index in [9.17, 15) is 0 Å². The summed E-state index contributed by atoms with van der Waals surface area (Å²) in [4.78, 5) is 15.0. The van der Waals surface area contributed by atoms with Crippen molar-refractivity contribution in [3.8, 4) is 39.9 Å². The van der Waals surface area contributed by atoms with Crippen molar-refractivity contribution in [2.75, 3.05) is 0 Å². The molecule has 0 atom stereocenters. The van der Waals surface area contributed by atoms with Crippen LogP contribution in [-0.4, -0.2) is 19.5 Å². The molecule has 0 fully saturated rings. The van der Waals surface area contributed by atoms with Gasteiger partial charge in [0.1, 0.15) is 0 Å². The van der Waals surface area contributed by atoms with Gasteiger partial charge in [-0.3, -0.25) is 0 Å². The van der Waals surface area contributed by atoms with Crippen molar-refractivity contribution < 1.29 is 0 Å². The van der Waals surface area contributed by atoms with E-state index in [4.69, 9.17) is 15.0 Å². The van der Waals surface area contributed by atoms with Crippen LogP contribution in [0, 0.1) is 0 Å². The van der Waals surface area contributed by atoms with Gasteiger partial charge in [-0.2, -0.15) is 0 Å². The van der Waals surface area contributed by atoms with Crippen molar-refractivity contribution in [2.45, 2.75) is 0 Å². The highest BCUT2D eigenvalue weighted by molar-refractivity contribution is 7.26. The highest BCUT2D eigenvalue weighted by Gasteiger charge is 2.19. The fourth-order valence-corrected chi connectivity index (χ4v) is 9.93. The van der Waals surface area contributed by atoms with Crippen LogP contribution in [0.5, 0.6) is 0 Å². The summed E-state index contributed by atoms with van der Waals surface area (Å²) in [7, 11) is 0. The number of benzene rings is 9. The summed E-state index contributed by atoms with van der Waals surface area (Å²) in [6.07, 6.45) is 0. The Morgan fingerprint density at radius 1 is 0.339 bits per heavy atom. The Kier molecular flexibility index (Phi) is 6.76. The summed E-state index contributed by atoms with van der Waals surface area (Å²) < 4.78 is 5.12. The first-order valence-corrected chi connectivity index (χ1v) is 19.7. The average molecular weight is 731 g/mol. The summed E-state index contributed by atoms with van der Waals surface area (Å²) in [6, 6.07) is 64.9. The minimum absolute atomic E-state index is 0.651. The summed E-state index contributed by atoms with van der Waals surface area (Å²) >= 11 is 1.89. The number of fused-ring (bicyclic) bond motifs is 13. The minimum Gasteiger partial charge on any atom is -0.309 e. The number of nitrogens with zero attached hydrogens (tertiary/aromatic N) is 4. The van der Waals surface area contributed by atoms with Crippen molar-refractivity contribution in [1.29, 1.82) is 0 Å². The zero-order valence-corrected chi connectivity index (χ0v) is 30.8. The molecule has 0 N–H and O–H groups in total. The van der Waals surface area contributed by atoms with E-state index in [0.717, 1.165) is 22.4 Å². The lowest BCUT2D eigenvalue weighted by Crippen LogP contribution is -2.00. The first kappa shape index (κ1) is 31.2. The zero-order chi connectivity index (χ0) is 36.7. The van der Waals surface area contributed by atoms with Crippen molar-refractivity contribution in [3.63, 3.8) is 0 Å². The number of thiophene rings is 1. The molecule has 56 heavy (non-hydrogen) atoms. The second-order valence-electron chi connectivity index (χ2n) is 14.4. The third-order valence-corrected chi connectivity index (χ3v) is 12.4. The van der Waals surface area contributed by atoms with Gasteiger partial charge in [0.2, 0.25) is 0 Å². The first-order valence-electron chi connectivity index (χ1n) is 18.9. The predicted octanol–water partition coefficient (Wildman–Crippen LogP) is 13.8. The molecule has 4 nitrogen and oxygen atoms in total. The second kappa shape index (κ2) is 12.2. The molecule has 3 heterocycles. The first-order chi connectivity index (χ1) is 27.8. The van der Waals surface area contributed by atoms with Crippen LogP contribution >= 0.6 is 11.3 Å². The van der Waals surface area contributed by atoms with Crippen LogP contribution in [0.25, 0.3) is 114 Å². The fourth-order valence-electron chi connectivity index (χ4n) is 8.67. The van der Waals surface area contributed by atoms with Gasteiger partial charge in [0.15, 0.2) is 17.5 Å².